The van der Waals surface area contributed by atoms with Crippen molar-refractivity contribution in [3.8, 4) is 33.8 Å². The van der Waals surface area contributed by atoms with E-state index in [0.29, 0.717) is 50.3 Å². The van der Waals surface area contributed by atoms with Crippen molar-refractivity contribution in [2.75, 3.05) is 5.32 Å². The predicted octanol–water partition coefficient (Wildman–Crippen LogP) is 6.33. The van der Waals surface area contributed by atoms with Crippen molar-refractivity contribution in [1.29, 1.82) is 0 Å². The molecule has 0 saturated heterocycles. The Labute approximate surface area is 204 Å². The number of nitrogens with one attached hydrogen (secondary N) is 3. The minimum absolute atomic E-state index is 0.216. The van der Waals surface area contributed by atoms with Gasteiger partial charge in [-0.3, -0.25) is 10.1 Å². The van der Waals surface area contributed by atoms with Crippen molar-refractivity contribution in [2.45, 2.75) is 19.9 Å². The number of aromatic nitrogens is 6. The summed E-state index contributed by atoms with van der Waals surface area (Å²) in [6, 6.07) is 13.4. The van der Waals surface area contributed by atoms with Gasteiger partial charge in [0.2, 0.25) is 0 Å². The molecule has 6 aromatic rings. The van der Waals surface area contributed by atoms with Crippen molar-refractivity contribution < 1.29 is 8.78 Å². The lowest BCUT2D eigenvalue weighted by molar-refractivity contribution is 0.628. The molecule has 0 atom stereocenters. The van der Waals surface area contributed by atoms with E-state index < -0.39 is 0 Å². The summed E-state index contributed by atoms with van der Waals surface area (Å²) in [5.41, 5.74) is 5.53. The van der Waals surface area contributed by atoms with Gasteiger partial charge in [0, 0.05) is 52.8 Å². The zero-order valence-corrected chi connectivity index (χ0v) is 19.5. The van der Waals surface area contributed by atoms with Gasteiger partial charge in [0.1, 0.15) is 17.3 Å². The van der Waals surface area contributed by atoms with Crippen LogP contribution in [0, 0.1) is 11.6 Å². The van der Waals surface area contributed by atoms with Crippen LogP contribution in [0.1, 0.15) is 13.8 Å². The van der Waals surface area contributed by atoms with Crippen LogP contribution in [-0.2, 0) is 0 Å². The molecule has 0 radical (unpaired) electrons. The Morgan fingerprint density at radius 3 is 2.67 bits per heavy atom. The third kappa shape index (κ3) is 3.84. The highest BCUT2D eigenvalue weighted by molar-refractivity contribution is 5.97. The molecule has 0 unspecified atom stereocenters. The van der Waals surface area contributed by atoms with E-state index in [-0.39, 0.29) is 17.7 Å². The lowest BCUT2D eigenvalue weighted by Gasteiger charge is -2.11. The summed E-state index contributed by atoms with van der Waals surface area (Å²) in [6.07, 6.45) is 4.97. The zero-order valence-electron chi connectivity index (χ0n) is 19.5. The average Bonchev–Trinajstić information content (AvgIpc) is 3.46. The molecule has 2 aromatic carbocycles. The highest BCUT2D eigenvalue weighted by Crippen LogP contribution is 2.34. The van der Waals surface area contributed by atoms with Crippen molar-refractivity contribution in [2.24, 2.45) is 0 Å². The first kappa shape index (κ1) is 21.8. The normalized spacial score (nSPS) is 11.6. The molecule has 4 heterocycles. The first-order valence-electron chi connectivity index (χ1n) is 11.5. The molecule has 0 spiro atoms. The Kier molecular flexibility index (Phi) is 5.18. The number of benzene rings is 2. The zero-order chi connectivity index (χ0) is 24.8. The van der Waals surface area contributed by atoms with Gasteiger partial charge < -0.3 is 10.3 Å². The molecule has 9 heteroatoms. The molecule has 6 rings (SSSR count). The maximum atomic E-state index is 15.1. The number of pyridine rings is 2. The topological polar surface area (TPSA) is 95.2 Å². The fourth-order valence-corrected chi connectivity index (χ4v) is 4.36. The second-order valence-electron chi connectivity index (χ2n) is 8.86. The van der Waals surface area contributed by atoms with Crippen LogP contribution < -0.4 is 5.32 Å². The third-order valence-corrected chi connectivity index (χ3v) is 5.91. The fourth-order valence-electron chi connectivity index (χ4n) is 4.36. The summed E-state index contributed by atoms with van der Waals surface area (Å²) in [4.78, 5) is 16.5. The lowest BCUT2D eigenvalue weighted by Crippen LogP contribution is -2.09. The molecular weight excluding hydrogens is 460 g/mol. The van der Waals surface area contributed by atoms with E-state index in [4.69, 9.17) is 0 Å². The van der Waals surface area contributed by atoms with E-state index >= 15 is 4.39 Å². The van der Waals surface area contributed by atoms with Crippen LogP contribution in [-0.4, -0.2) is 36.2 Å². The van der Waals surface area contributed by atoms with Gasteiger partial charge in [-0.15, -0.1) is 0 Å². The van der Waals surface area contributed by atoms with Gasteiger partial charge >= 0.3 is 0 Å². The van der Waals surface area contributed by atoms with E-state index in [2.05, 4.69) is 35.5 Å². The van der Waals surface area contributed by atoms with E-state index in [9.17, 15) is 4.39 Å². The van der Waals surface area contributed by atoms with E-state index in [1.807, 2.05) is 26.0 Å². The largest absolute Gasteiger partial charge is 0.382 e. The Hall–Kier alpha value is -4.66. The van der Waals surface area contributed by atoms with Crippen LogP contribution in [0.25, 0.3) is 55.8 Å². The molecule has 178 valence electrons. The number of fused-ring (bicyclic) bond motifs is 2. The number of hydrogen-bond acceptors (Lipinski definition) is 5. The molecule has 0 bridgehead atoms. The van der Waals surface area contributed by atoms with E-state index in [1.54, 1.807) is 36.8 Å². The average molecular weight is 482 g/mol. The number of halogens is 2. The highest BCUT2D eigenvalue weighted by atomic mass is 19.1. The first-order valence-corrected chi connectivity index (χ1v) is 11.5. The standard InChI is InChI=1S/C27H21F2N7/c1-14(2)32-18-9-16(12-30-13-18)20-10-21-23(11-22(20)29)35-36-25(21)27-33-24-19(6-7-31-26(24)34-27)15-4-3-5-17(28)8-15/h3-14,32H,1-2H3,(H,35,36)(H,31,33,34). The Morgan fingerprint density at radius 1 is 0.944 bits per heavy atom. The smallest absolute Gasteiger partial charge is 0.178 e. The van der Waals surface area contributed by atoms with Crippen molar-refractivity contribution in [3.05, 3.63) is 78.8 Å². The van der Waals surface area contributed by atoms with Crippen LogP contribution >= 0.6 is 0 Å². The summed E-state index contributed by atoms with van der Waals surface area (Å²) in [5, 5.41) is 11.3. The van der Waals surface area contributed by atoms with Gasteiger partial charge in [-0.1, -0.05) is 12.1 Å². The molecule has 3 N–H and O–H groups in total. The van der Waals surface area contributed by atoms with E-state index in [1.165, 1.54) is 18.2 Å². The summed E-state index contributed by atoms with van der Waals surface area (Å²) >= 11 is 0. The molecule has 4 aromatic heterocycles. The number of hydrogen-bond donors (Lipinski definition) is 3. The Bertz CT molecular complexity index is 1740. The van der Waals surface area contributed by atoms with Crippen molar-refractivity contribution in [1.82, 2.24) is 30.1 Å². The fraction of sp³-hybridized carbons (Fsp3) is 0.111. The van der Waals surface area contributed by atoms with Crippen LogP contribution in [0.3, 0.4) is 0 Å². The SMILES string of the molecule is CC(C)Nc1cncc(-c2cc3c(-c4nc5nccc(-c6cccc(F)c6)c5[nH]4)n[nH]c3cc2F)c1. The van der Waals surface area contributed by atoms with Gasteiger partial charge in [-0.25, -0.2) is 18.7 Å². The summed E-state index contributed by atoms with van der Waals surface area (Å²) in [6.45, 7) is 4.05. The highest BCUT2D eigenvalue weighted by Gasteiger charge is 2.18. The molecule has 0 aliphatic heterocycles. The molecule has 0 saturated carbocycles. The van der Waals surface area contributed by atoms with Gasteiger partial charge in [-0.05, 0) is 49.7 Å². The van der Waals surface area contributed by atoms with Crippen molar-refractivity contribution >= 4 is 27.8 Å². The van der Waals surface area contributed by atoms with Crippen LogP contribution in [0.4, 0.5) is 14.5 Å². The maximum absolute atomic E-state index is 15.1. The summed E-state index contributed by atoms with van der Waals surface area (Å²) in [5.74, 6) is -0.244. The second kappa shape index (κ2) is 8.53. The third-order valence-electron chi connectivity index (χ3n) is 5.91. The molecular formula is C27H21F2N7. The monoisotopic (exact) mass is 481 g/mol. The summed E-state index contributed by atoms with van der Waals surface area (Å²) in [7, 11) is 0. The molecule has 0 aliphatic carbocycles. The predicted molar refractivity (Wildman–Crippen MR) is 136 cm³/mol. The minimum Gasteiger partial charge on any atom is -0.382 e. The molecule has 36 heavy (non-hydrogen) atoms. The Balaban J connectivity index is 1.48. The second-order valence-corrected chi connectivity index (χ2v) is 8.86. The first-order chi connectivity index (χ1) is 17.5. The van der Waals surface area contributed by atoms with E-state index in [0.717, 1.165) is 11.3 Å². The number of imidazole rings is 1. The molecule has 0 fully saturated rings. The van der Waals surface area contributed by atoms with Crippen molar-refractivity contribution in [3.63, 3.8) is 0 Å². The minimum atomic E-state index is -0.388. The quantitative estimate of drug-likeness (QED) is 0.268. The molecule has 0 amide bonds. The van der Waals surface area contributed by atoms with Gasteiger partial charge in [-0.2, -0.15) is 5.10 Å². The van der Waals surface area contributed by atoms with Crippen LogP contribution in [0.5, 0.6) is 0 Å². The number of aromatic amines is 2. The molecule has 0 aliphatic rings. The summed E-state index contributed by atoms with van der Waals surface area (Å²) < 4.78 is 29.0. The Morgan fingerprint density at radius 2 is 1.83 bits per heavy atom. The van der Waals surface area contributed by atoms with Gasteiger partial charge in [0.15, 0.2) is 11.5 Å². The number of H-pyrrole nitrogens is 2. The number of rotatable bonds is 5. The number of anilines is 1. The van der Waals surface area contributed by atoms with Gasteiger partial charge in [0.05, 0.1) is 16.7 Å². The van der Waals surface area contributed by atoms with Crippen LogP contribution in [0.15, 0.2) is 67.1 Å². The number of nitrogens with zero attached hydrogens (tertiary/aromatic N) is 4. The van der Waals surface area contributed by atoms with Crippen LogP contribution in [0.2, 0.25) is 0 Å². The lowest BCUT2D eigenvalue weighted by atomic mass is 10.0. The maximum Gasteiger partial charge on any atom is 0.178 e. The molecule has 7 nitrogen and oxygen atoms in total. The van der Waals surface area contributed by atoms with Gasteiger partial charge in [0.25, 0.3) is 0 Å².